The van der Waals surface area contributed by atoms with Crippen LogP contribution in [0.4, 0.5) is 0 Å². The SMILES string of the molecule is O=C1CCCCCN1CC(=O)N(Cc1ccc2[nH]ccc2c1)C1CC1. The zero-order valence-corrected chi connectivity index (χ0v) is 14.5. The quantitative estimate of drug-likeness (QED) is 0.910. The second kappa shape index (κ2) is 6.90. The van der Waals surface area contributed by atoms with Gasteiger partial charge in [-0.25, -0.2) is 0 Å². The van der Waals surface area contributed by atoms with Gasteiger partial charge in [-0.05, 0) is 54.8 Å². The Bertz CT molecular complexity index is 778. The third-order valence-electron chi connectivity index (χ3n) is 5.28. The van der Waals surface area contributed by atoms with Crippen molar-refractivity contribution in [1.82, 2.24) is 14.8 Å². The number of amides is 2. The van der Waals surface area contributed by atoms with Crippen LogP contribution in [0.3, 0.4) is 0 Å². The standard InChI is InChI=1S/C20H25N3O2/c24-19-4-2-1-3-11-22(19)14-20(25)23(17-6-7-17)13-15-5-8-18-16(12-15)9-10-21-18/h5,8-10,12,17,21H,1-4,6-7,11,13-14H2. The van der Waals surface area contributed by atoms with Gasteiger partial charge in [-0.15, -0.1) is 0 Å². The third kappa shape index (κ3) is 3.70. The Morgan fingerprint density at radius 1 is 1.20 bits per heavy atom. The minimum Gasteiger partial charge on any atom is -0.361 e. The molecule has 1 aromatic carbocycles. The van der Waals surface area contributed by atoms with Crippen LogP contribution in [0.25, 0.3) is 10.9 Å². The molecule has 0 radical (unpaired) electrons. The highest BCUT2D eigenvalue weighted by Gasteiger charge is 2.33. The largest absolute Gasteiger partial charge is 0.361 e. The summed E-state index contributed by atoms with van der Waals surface area (Å²) in [6, 6.07) is 8.69. The Kier molecular flexibility index (Phi) is 4.47. The molecule has 2 aliphatic rings. The molecule has 0 bridgehead atoms. The molecule has 5 nitrogen and oxygen atoms in total. The Morgan fingerprint density at radius 3 is 2.92 bits per heavy atom. The predicted octanol–water partition coefficient (Wildman–Crippen LogP) is 3.06. The molecule has 1 aliphatic heterocycles. The summed E-state index contributed by atoms with van der Waals surface area (Å²) in [5, 5.41) is 1.17. The number of hydrogen-bond donors (Lipinski definition) is 1. The zero-order valence-electron chi connectivity index (χ0n) is 14.5. The van der Waals surface area contributed by atoms with Gasteiger partial charge in [0.2, 0.25) is 11.8 Å². The van der Waals surface area contributed by atoms with E-state index in [0.29, 0.717) is 19.0 Å². The monoisotopic (exact) mass is 339 g/mol. The molecule has 2 heterocycles. The van der Waals surface area contributed by atoms with E-state index < -0.39 is 0 Å². The zero-order chi connectivity index (χ0) is 17.2. The molecule has 2 fully saturated rings. The van der Waals surface area contributed by atoms with Crippen molar-refractivity contribution in [3.05, 3.63) is 36.0 Å². The van der Waals surface area contributed by atoms with Gasteiger partial charge in [0.15, 0.2) is 0 Å². The van der Waals surface area contributed by atoms with E-state index in [1.54, 1.807) is 4.90 Å². The second-order valence-electron chi connectivity index (χ2n) is 7.28. The molecular weight excluding hydrogens is 314 g/mol. The van der Waals surface area contributed by atoms with E-state index in [2.05, 4.69) is 29.2 Å². The number of carbonyl (C=O) groups is 2. The Hall–Kier alpha value is -2.30. The van der Waals surface area contributed by atoms with Crippen LogP contribution in [0.2, 0.25) is 0 Å². The van der Waals surface area contributed by atoms with Crippen LogP contribution in [0.15, 0.2) is 30.5 Å². The van der Waals surface area contributed by atoms with E-state index in [1.807, 2.05) is 11.1 Å². The van der Waals surface area contributed by atoms with E-state index in [0.717, 1.165) is 49.7 Å². The summed E-state index contributed by atoms with van der Waals surface area (Å²) in [7, 11) is 0. The first-order valence-electron chi connectivity index (χ1n) is 9.34. The molecular formula is C20H25N3O2. The molecule has 0 atom stereocenters. The molecule has 2 amide bonds. The van der Waals surface area contributed by atoms with Gasteiger partial charge < -0.3 is 14.8 Å². The molecule has 0 unspecified atom stereocenters. The van der Waals surface area contributed by atoms with Gasteiger partial charge in [0.1, 0.15) is 0 Å². The molecule has 1 N–H and O–H groups in total. The van der Waals surface area contributed by atoms with Crippen molar-refractivity contribution in [2.24, 2.45) is 0 Å². The molecule has 132 valence electrons. The van der Waals surface area contributed by atoms with Gasteiger partial charge in [0.05, 0.1) is 6.54 Å². The second-order valence-corrected chi connectivity index (χ2v) is 7.28. The minimum atomic E-state index is 0.0897. The van der Waals surface area contributed by atoms with Crippen LogP contribution in [0.1, 0.15) is 44.1 Å². The lowest BCUT2D eigenvalue weighted by Crippen LogP contribution is -2.43. The number of nitrogens with zero attached hydrogens (tertiary/aromatic N) is 2. The molecule has 1 aliphatic carbocycles. The molecule has 1 saturated heterocycles. The van der Waals surface area contributed by atoms with E-state index in [-0.39, 0.29) is 18.4 Å². The molecule has 25 heavy (non-hydrogen) atoms. The van der Waals surface area contributed by atoms with Crippen LogP contribution in [0.5, 0.6) is 0 Å². The molecule has 0 spiro atoms. The maximum atomic E-state index is 12.9. The first-order valence-corrected chi connectivity index (χ1v) is 9.34. The van der Waals surface area contributed by atoms with Crippen molar-refractivity contribution in [3.8, 4) is 0 Å². The highest BCUT2D eigenvalue weighted by Crippen LogP contribution is 2.29. The first-order chi connectivity index (χ1) is 12.2. The minimum absolute atomic E-state index is 0.0897. The molecule has 4 rings (SSSR count). The average molecular weight is 339 g/mol. The normalized spacial score (nSPS) is 18.4. The topological polar surface area (TPSA) is 56.4 Å². The fourth-order valence-corrected chi connectivity index (χ4v) is 3.66. The van der Waals surface area contributed by atoms with Crippen LogP contribution in [-0.2, 0) is 16.1 Å². The number of likely N-dealkylation sites (tertiary alicyclic amines) is 1. The maximum Gasteiger partial charge on any atom is 0.242 e. The van der Waals surface area contributed by atoms with E-state index >= 15 is 0 Å². The van der Waals surface area contributed by atoms with Crippen LogP contribution in [-0.4, -0.2) is 45.7 Å². The summed E-state index contributed by atoms with van der Waals surface area (Å²) in [6.45, 7) is 1.59. The number of benzene rings is 1. The van der Waals surface area contributed by atoms with Gasteiger partial charge in [0, 0.05) is 37.3 Å². The lowest BCUT2D eigenvalue weighted by atomic mass is 10.1. The van der Waals surface area contributed by atoms with Gasteiger partial charge in [-0.3, -0.25) is 9.59 Å². The fraction of sp³-hybridized carbons (Fsp3) is 0.500. The van der Waals surface area contributed by atoms with Crippen molar-refractivity contribution < 1.29 is 9.59 Å². The number of aromatic amines is 1. The summed E-state index contributed by atoms with van der Waals surface area (Å²) in [5.74, 6) is 0.224. The molecule has 2 aromatic rings. The number of H-pyrrole nitrogens is 1. The predicted molar refractivity (Wildman–Crippen MR) is 96.9 cm³/mol. The summed E-state index contributed by atoms with van der Waals surface area (Å²) >= 11 is 0. The highest BCUT2D eigenvalue weighted by atomic mass is 16.2. The Labute approximate surface area is 148 Å². The third-order valence-corrected chi connectivity index (χ3v) is 5.28. The van der Waals surface area contributed by atoms with Gasteiger partial charge in [0.25, 0.3) is 0 Å². The number of rotatable bonds is 5. The highest BCUT2D eigenvalue weighted by molar-refractivity contribution is 5.85. The molecule has 5 heteroatoms. The number of nitrogens with one attached hydrogen (secondary N) is 1. The number of fused-ring (bicyclic) bond motifs is 1. The van der Waals surface area contributed by atoms with E-state index in [9.17, 15) is 9.59 Å². The van der Waals surface area contributed by atoms with Crippen molar-refractivity contribution in [2.45, 2.75) is 51.1 Å². The van der Waals surface area contributed by atoms with Crippen LogP contribution < -0.4 is 0 Å². The number of carbonyl (C=O) groups excluding carboxylic acids is 2. The van der Waals surface area contributed by atoms with Crippen molar-refractivity contribution in [1.29, 1.82) is 0 Å². The summed E-state index contributed by atoms with van der Waals surface area (Å²) in [4.78, 5) is 32.0. The number of aromatic nitrogens is 1. The van der Waals surface area contributed by atoms with Crippen LogP contribution >= 0.6 is 0 Å². The lowest BCUT2D eigenvalue weighted by molar-refractivity contribution is -0.140. The average Bonchev–Trinajstić information content (AvgIpc) is 3.37. The summed E-state index contributed by atoms with van der Waals surface area (Å²) in [6.07, 6.45) is 7.71. The van der Waals surface area contributed by atoms with Crippen molar-refractivity contribution in [3.63, 3.8) is 0 Å². The lowest BCUT2D eigenvalue weighted by Gasteiger charge is -2.27. The van der Waals surface area contributed by atoms with E-state index in [4.69, 9.17) is 0 Å². The number of hydrogen-bond acceptors (Lipinski definition) is 2. The molecule has 1 saturated carbocycles. The van der Waals surface area contributed by atoms with Gasteiger partial charge in [-0.1, -0.05) is 12.5 Å². The van der Waals surface area contributed by atoms with Crippen molar-refractivity contribution in [2.75, 3.05) is 13.1 Å². The maximum absolute atomic E-state index is 12.9. The Balaban J connectivity index is 1.46. The van der Waals surface area contributed by atoms with Gasteiger partial charge in [-0.2, -0.15) is 0 Å². The van der Waals surface area contributed by atoms with Gasteiger partial charge >= 0.3 is 0 Å². The first kappa shape index (κ1) is 16.2. The summed E-state index contributed by atoms with van der Waals surface area (Å²) < 4.78 is 0. The van der Waals surface area contributed by atoms with Crippen LogP contribution in [0, 0.1) is 0 Å². The summed E-state index contributed by atoms with van der Waals surface area (Å²) in [5.41, 5.74) is 2.26. The smallest absolute Gasteiger partial charge is 0.242 e. The fourth-order valence-electron chi connectivity index (χ4n) is 3.66. The van der Waals surface area contributed by atoms with E-state index in [1.165, 1.54) is 5.39 Å². The Morgan fingerprint density at radius 2 is 2.08 bits per heavy atom. The molecule has 1 aromatic heterocycles. The van der Waals surface area contributed by atoms with Crippen molar-refractivity contribution >= 4 is 22.7 Å².